The van der Waals surface area contributed by atoms with E-state index in [1.807, 2.05) is 12.1 Å². The van der Waals surface area contributed by atoms with E-state index in [9.17, 15) is 4.39 Å². The molecule has 102 valence electrons. The molecule has 0 radical (unpaired) electrons. The minimum Gasteiger partial charge on any atom is -0.316 e. The highest BCUT2D eigenvalue weighted by molar-refractivity contribution is 6.30. The van der Waals surface area contributed by atoms with Crippen molar-refractivity contribution in [3.8, 4) is 0 Å². The number of halogens is 2. The van der Waals surface area contributed by atoms with Crippen molar-refractivity contribution in [3.63, 3.8) is 0 Å². The largest absolute Gasteiger partial charge is 0.316 e. The van der Waals surface area contributed by atoms with Gasteiger partial charge in [-0.2, -0.15) is 0 Å². The Morgan fingerprint density at radius 2 is 2.06 bits per heavy atom. The highest BCUT2D eigenvalue weighted by atomic mass is 35.5. The lowest BCUT2D eigenvalue weighted by Gasteiger charge is -2.29. The molecule has 18 heavy (non-hydrogen) atoms. The molecule has 3 heteroatoms. The van der Waals surface area contributed by atoms with E-state index in [1.54, 1.807) is 6.07 Å². The van der Waals surface area contributed by atoms with E-state index < -0.39 is 0 Å². The maximum atomic E-state index is 13.9. The van der Waals surface area contributed by atoms with Crippen LogP contribution in [0, 0.1) is 11.2 Å². The molecule has 1 atom stereocenters. The molecule has 0 aliphatic rings. The Hall–Kier alpha value is -0.600. The third-order valence-electron chi connectivity index (χ3n) is 3.48. The van der Waals surface area contributed by atoms with Crippen molar-refractivity contribution in [3.05, 3.63) is 34.6 Å². The van der Waals surface area contributed by atoms with Crippen LogP contribution in [0.1, 0.15) is 39.2 Å². The van der Waals surface area contributed by atoms with E-state index in [-0.39, 0.29) is 16.3 Å². The first kappa shape index (κ1) is 15.5. The van der Waals surface area contributed by atoms with Gasteiger partial charge in [-0.05, 0) is 42.9 Å². The smallest absolute Gasteiger partial charge is 0.144 e. The summed E-state index contributed by atoms with van der Waals surface area (Å²) in [4.78, 5) is 0. The summed E-state index contributed by atoms with van der Waals surface area (Å²) in [5.41, 5.74) is 0.783. The second kappa shape index (κ2) is 7.10. The van der Waals surface area contributed by atoms with Gasteiger partial charge in [-0.1, -0.05) is 44.5 Å². The average molecular weight is 272 g/mol. The summed E-state index contributed by atoms with van der Waals surface area (Å²) in [5.74, 6) is -0.269. The lowest BCUT2D eigenvalue weighted by atomic mass is 9.81. The summed E-state index contributed by atoms with van der Waals surface area (Å²) < 4.78 is 13.9. The molecule has 1 unspecified atom stereocenters. The van der Waals surface area contributed by atoms with Crippen LogP contribution in [0.2, 0.25) is 5.02 Å². The molecule has 1 N–H and O–H groups in total. The van der Waals surface area contributed by atoms with Crippen molar-refractivity contribution >= 4 is 11.6 Å². The molecule has 1 aromatic rings. The van der Waals surface area contributed by atoms with Crippen LogP contribution in [0.5, 0.6) is 0 Å². The Bertz CT molecular complexity index is 381. The Morgan fingerprint density at radius 1 is 1.33 bits per heavy atom. The Morgan fingerprint density at radius 3 is 2.67 bits per heavy atom. The molecule has 0 saturated carbocycles. The van der Waals surface area contributed by atoms with Gasteiger partial charge in [0.1, 0.15) is 5.82 Å². The molecule has 0 fully saturated rings. The minimum atomic E-state index is -0.269. The van der Waals surface area contributed by atoms with Crippen LogP contribution in [0.25, 0.3) is 0 Å². The van der Waals surface area contributed by atoms with Gasteiger partial charge in [-0.3, -0.25) is 0 Å². The van der Waals surface area contributed by atoms with Gasteiger partial charge in [0.05, 0.1) is 5.02 Å². The molecule has 1 aromatic carbocycles. The van der Waals surface area contributed by atoms with E-state index in [0.29, 0.717) is 12.0 Å². The zero-order valence-electron chi connectivity index (χ0n) is 11.5. The second-order valence-electron chi connectivity index (χ2n) is 5.23. The third-order valence-corrected chi connectivity index (χ3v) is 3.77. The number of rotatable bonds is 7. The third kappa shape index (κ3) is 4.25. The summed E-state index contributed by atoms with van der Waals surface area (Å²) in [6.07, 6.45) is 2.84. The Balaban J connectivity index is 2.75. The van der Waals surface area contributed by atoms with Crippen molar-refractivity contribution in [2.45, 2.75) is 40.0 Å². The SMILES string of the molecule is CCCNCC(C)(CC)Cc1cccc(Cl)c1F. The molecule has 0 saturated heterocycles. The first-order chi connectivity index (χ1) is 8.52. The molecular formula is C15H23ClFN. The van der Waals surface area contributed by atoms with Crippen LogP contribution in [0.4, 0.5) is 4.39 Å². The van der Waals surface area contributed by atoms with Gasteiger partial charge in [-0.25, -0.2) is 4.39 Å². The van der Waals surface area contributed by atoms with Crippen molar-refractivity contribution in [1.82, 2.24) is 5.32 Å². The standard InChI is InChI=1S/C15H23ClFN/c1-4-9-18-11-15(3,5-2)10-12-7-6-8-13(16)14(12)17/h6-8,18H,4-5,9-11H2,1-3H3. The summed E-state index contributed by atoms with van der Waals surface area (Å²) in [6, 6.07) is 5.24. The van der Waals surface area contributed by atoms with Crippen molar-refractivity contribution < 1.29 is 4.39 Å². The minimum absolute atomic E-state index is 0.0701. The number of hydrogen-bond acceptors (Lipinski definition) is 1. The summed E-state index contributed by atoms with van der Waals surface area (Å²) in [6.45, 7) is 8.40. The number of benzene rings is 1. The lowest BCUT2D eigenvalue weighted by molar-refractivity contribution is 0.287. The predicted octanol–water partition coefficient (Wildman–Crippen LogP) is 4.44. The van der Waals surface area contributed by atoms with E-state index in [0.717, 1.165) is 25.9 Å². The lowest BCUT2D eigenvalue weighted by Crippen LogP contribution is -2.33. The van der Waals surface area contributed by atoms with Crippen LogP contribution < -0.4 is 5.32 Å². The topological polar surface area (TPSA) is 12.0 Å². The second-order valence-corrected chi connectivity index (χ2v) is 5.64. The summed E-state index contributed by atoms with van der Waals surface area (Å²) >= 11 is 5.82. The average Bonchev–Trinajstić information content (AvgIpc) is 2.35. The maximum Gasteiger partial charge on any atom is 0.144 e. The monoisotopic (exact) mass is 271 g/mol. The fourth-order valence-electron chi connectivity index (χ4n) is 2.02. The normalized spacial score (nSPS) is 14.5. The number of hydrogen-bond donors (Lipinski definition) is 1. The highest BCUT2D eigenvalue weighted by Gasteiger charge is 2.24. The molecule has 0 heterocycles. The van der Waals surface area contributed by atoms with Gasteiger partial charge < -0.3 is 5.32 Å². The molecule has 0 bridgehead atoms. The molecule has 1 nitrogen and oxygen atoms in total. The predicted molar refractivity (Wildman–Crippen MR) is 76.7 cm³/mol. The molecular weight excluding hydrogens is 249 g/mol. The van der Waals surface area contributed by atoms with Gasteiger partial charge >= 0.3 is 0 Å². The van der Waals surface area contributed by atoms with Crippen LogP contribution in [-0.2, 0) is 6.42 Å². The summed E-state index contributed by atoms with van der Waals surface area (Å²) in [7, 11) is 0. The molecule has 0 aliphatic heterocycles. The van der Waals surface area contributed by atoms with Crippen LogP contribution in [-0.4, -0.2) is 13.1 Å². The summed E-state index contributed by atoms with van der Waals surface area (Å²) in [5, 5.41) is 3.64. The fourth-order valence-corrected chi connectivity index (χ4v) is 2.22. The maximum absolute atomic E-state index is 13.9. The molecule has 0 amide bonds. The van der Waals surface area contributed by atoms with Crippen LogP contribution in [0.15, 0.2) is 18.2 Å². The van der Waals surface area contributed by atoms with E-state index >= 15 is 0 Å². The van der Waals surface area contributed by atoms with Crippen molar-refractivity contribution in [2.24, 2.45) is 5.41 Å². The van der Waals surface area contributed by atoms with E-state index in [2.05, 4.69) is 26.1 Å². The zero-order valence-corrected chi connectivity index (χ0v) is 12.3. The molecule has 0 aromatic heterocycles. The molecule has 0 spiro atoms. The van der Waals surface area contributed by atoms with Crippen molar-refractivity contribution in [1.29, 1.82) is 0 Å². The first-order valence-corrected chi connectivity index (χ1v) is 7.04. The Labute approximate surface area is 115 Å². The quantitative estimate of drug-likeness (QED) is 0.723. The molecule has 1 rings (SSSR count). The van der Waals surface area contributed by atoms with Gasteiger partial charge in [0.15, 0.2) is 0 Å². The zero-order chi connectivity index (χ0) is 13.6. The van der Waals surface area contributed by atoms with Gasteiger partial charge in [0.2, 0.25) is 0 Å². The van der Waals surface area contributed by atoms with Gasteiger partial charge in [0.25, 0.3) is 0 Å². The van der Waals surface area contributed by atoms with E-state index in [1.165, 1.54) is 0 Å². The van der Waals surface area contributed by atoms with Crippen LogP contribution in [0.3, 0.4) is 0 Å². The Kier molecular flexibility index (Phi) is 6.10. The molecule has 0 aliphatic carbocycles. The van der Waals surface area contributed by atoms with Crippen LogP contribution >= 0.6 is 11.6 Å². The first-order valence-electron chi connectivity index (χ1n) is 6.66. The highest BCUT2D eigenvalue weighted by Crippen LogP contribution is 2.29. The fraction of sp³-hybridized carbons (Fsp3) is 0.600. The van der Waals surface area contributed by atoms with Gasteiger partial charge in [0, 0.05) is 6.54 Å². The number of nitrogens with one attached hydrogen (secondary N) is 1. The van der Waals surface area contributed by atoms with Gasteiger partial charge in [-0.15, -0.1) is 0 Å². The van der Waals surface area contributed by atoms with E-state index in [4.69, 9.17) is 11.6 Å². The van der Waals surface area contributed by atoms with Crippen molar-refractivity contribution in [2.75, 3.05) is 13.1 Å².